The van der Waals surface area contributed by atoms with Gasteiger partial charge in [-0.1, -0.05) is 12.1 Å². The van der Waals surface area contributed by atoms with Gasteiger partial charge in [0.05, 0.1) is 18.2 Å². The summed E-state index contributed by atoms with van der Waals surface area (Å²) < 4.78 is 7.47. The van der Waals surface area contributed by atoms with Gasteiger partial charge < -0.3 is 14.2 Å². The Morgan fingerprint density at radius 2 is 2.00 bits per heavy atom. The van der Waals surface area contributed by atoms with Crippen LogP contribution in [-0.4, -0.2) is 29.2 Å². The third-order valence-electron chi connectivity index (χ3n) is 4.48. The minimum Gasteiger partial charge on any atom is -0.497 e. The topological polar surface area (TPSA) is 46.5 Å². The molecule has 1 N–H and O–H groups in total. The van der Waals surface area contributed by atoms with Crippen molar-refractivity contribution in [2.24, 2.45) is 0 Å². The SMILES string of the molecule is COc1ccc(C2c3cccn3CCN2C(=O)Nc2cccs2)cc1. The van der Waals surface area contributed by atoms with Crippen molar-refractivity contribution in [3.8, 4) is 5.75 Å². The van der Waals surface area contributed by atoms with Crippen LogP contribution >= 0.6 is 11.3 Å². The number of carbonyl (C=O) groups excluding carboxylic acids is 1. The summed E-state index contributed by atoms with van der Waals surface area (Å²) in [4.78, 5) is 14.8. The number of rotatable bonds is 3. The number of benzene rings is 1. The van der Waals surface area contributed by atoms with E-state index in [4.69, 9.17) is 4.74 Å². The summed E-state index contributed by atoms with van der Waals surface area (Å²) in [5.74, 6) is 0.810. The lowest BCUT2D eigenvalue weighted by atomic mass is 10.00. The Labute approximate surface area is 150 Å². The quantitative estimate of drug-likeness (QED) is 0.767. The fraction of sp³-hybridized carbons (Fsp3) is 0.211. The van der Waals surface area contributed by atoms with Gasteiger partial charge in [0.25, 0.3) is 0 Å². The molecule has 1 unspecified atom stereocenters. The molecule has 0 saturated carbocycles. The minimum absolute atomic E-state index is 0.0734. The predicted octanol–water partition coefficient (Wildman–Crippen LogP) is 4.20. The number of thiophene rings is 1. The van der Waals surface area contributed by atoms with Gasteiger partial charge in [0.2, 0.25) is 0 Å². The maximum Gasteiger partial charge on any atom is 0.323 e. The first-order chi connectivity index (χ1) is 12.3. The van der Waals surface area contributed by atoms with Gasteiger partial charge in [-0.2, -0.15) is 0 Å². The Morgan fingerprint density at radius 1 is 1.16 bits per heavy atom. The normalized spacial score (nSPS) is 16.4. The van der Waals surface area contributed by atoms with E-state index in [-0.39, 0.29) is 12.1 Å². The van der Waals surface area contributed by atoms with E-state index in [0.29, 0.717) is 6.54 Å². The molecule has 1 aliphatic rings. The lowest BCUT2D eigenvalue weighted by Crippen LogP contribution is -2.44. The summed E-state index contributed by atoms with van der Waals surface area (Å²) in [7, 11) is 1.65. The molecular weight excluding hydrogens is 334 g/mol. The predicted molar refractivity (Wildman–Crippen MR) is 99.3 cm³/mol. The van der Waals surface area contributed by atoms with Crippen LogP contribution < -0.4 is 10.1 Å². The van der Waals surface area contributed by atoms with Crippen molar-refractivity contribution in [3.63, 3.8) is 0 Å². The highest BCUT2D eigenvalue weighted by molar-refractivity contribution is 7.14. The molecule has 0 aliphatic carbocycles. The van der Waals surface area contributed by atoms with E-state index in [1.54, 1.807) is 7.11 Å². The van der Waals surface area contributed by atoms with Crippen LogP contribution in [0.5, 0.6) is 5.75 Å². The van der Waals surface area contributed by atoms with Crippen molar-refractivity contribution in [1.82, 2.24) is 9.47 Å². The minimum atomic E-state index is -0.116. The van der Waals surface area contributed by atoms with Crippen LogP contribution in [0.25, 0.3) is 0 Å². The van der Waals surface area contributed by atoms with Crippen molar-refractivity contribution in [1.29, 1.82) is 0 Å². The Hall–Kier alpha value is -2.73. The summed E-state index contributed by atoms with van der Waals surface area (Å²) in [5.41, 5.74) is 2.19. The Balaban J connectivity index is 1.68. The zero-order valence-corrected chi connectivity index (χ0v) is 14.7. The van der Waals surface area contributed by atoms with E-state index >= 15 is 0 Å². The standard InChI is InChI=1S/C19H19N3O2S/c1-24-15-8-6-14(7-9-15)18-16-4-2-10-21(16)11-12-22(18)19(23)20-17-5-3-13-25-17/h2-10,13,18H,11-12H2,1H3,(H,20,23). The molecule has 128 valence electrons. The highest BCUT2D eigenvalue weighted by Crippen LogP contribution is 2.33. The second-order valence-corrected chi connectivity index (χ2v) is 6.85. The van der Waals surface area contributed by atoms with Crippen LogP contribution in [-0.2, 0) is 6.54 Å². The summed E-state index contributed by atoms with van der Waals surface area (Å²) in [6.07, 6.45) is 2.07. The van der Waals surface area contributed by atoms with Gasteiger partial charge in [0.15, 0.2) is 0 Å². The van der Waals surface area contributed by atoms with Crippen LogP contribution in [0.15, 0.2) is 60.1 Å². The average Bonchev–Trinajstić information content (AvgIpc) is 3.32. The first-order valence-electron chi connectivity index (χ1n) is 8.16. The zero-order valence-electron chi connectivity index (χ0n) is 13.9. The molecule has 0 saturated heterocycles. The van der Waals surface area contributed by atoms with Crippen LogP contribution in [0.3, 0.4) is 0 Å². The van der Waals surface area contributed by atoms with Gasteiger partial charge in [-0.25, -0.2) is 4.79 Å². The number of ether oxygens (including phenoxy) is 1. The number of fused-ring (bicyclic) bond motifs is 1. The van der Waals surface area contributed by atoms with E-state index in [1.807, 2.05) is 52.7 Å². The molecule has 4 rings (SSSR count). The number of hydrogen-bond donors (Lipinski definition) is 1. The van der Waals surface area contributed by atoms with E-state index in [2.05, 4.69) is 22.1 Å². The number of anilines is 1. The van der Waals surface area contributed by atoms with Crippen molar-refractivity contribution in [3.05, 3.63) is 71.4 Å². The Bertz CT molecular complexity index is 855. The molecule has 2 aromatic heterocycles. The molecule has 2 amide bonds. The lowest BCUT2D eigenvalue weighted by Gasteiger charge is -2.37. The van der Waals surface area contributed by atoms with Crippen molar-refractivity contribution < 1.29 is 9.53 Å². The third kappa shape index (κ3) is 3.00. The van der Waals surface area contributed by atoms with E-state index in [0.717, 1.165) is 28.6 Å². The first-order valence-corrected chi connectivity index (χ1v) is 9.04. The van der Waals surface area contributed by atoms with Gasteiger partial charge in [0.1, 0.15) is 5.75 Å². The number of hydrogen-bond acceptors (Lipinski definition) is 3. The number of amides is 2. The highest BCUT2D eigenvalue weighted by Gasteiger charge is 2.32. The van der Waals surface area contributed by atoms with Crippen molar-refractivity contribution >= 4 is 22.4 Å². The summed E-state index contributed by atoms with van der Waals surface area (Å²) in [6.45, 7) is 1.46. The molecule has 0 fully saturated rings. The maximum atomic E-state index is 12.9. The first kappa shape index (κ1) is 15.8. The molecule has 0 spiro atoms. The molecule has 6 heteroatoms. The van der Waals surface area contributed by atoms with E-state index in [9.17, 15) is 4.79 Å². The number of urea groups is 1. The zero-order chi connectivity index (χ0) is 17.2. The molecule has 5 nitrogen and oxygen atoms in total. The lowest BCUT2D eigenvalue weighted by molar-refractivity contribution is 0.182. The highest BCUT2D eigenvalue weighted by atomic mass is 32.1. The smallest absolute Gasteiger partial charge is 0.323 e. The third-order valence-corrected chi connectivity index (χ3v) is 5.27. The average molecular weight is 353 g/mol. The fourth-order valence-electron chi connectivity index (χ4n) is 3.27. The number of carbonyl (C=O) groups is 1. The second kappa shape index (κ2) is 6.64. The Kier molecular flexibility index (Phi) is 4.19. The molecule has 1 aromatic carbocycles. The molecule has 1 atom stereocenters. The van der Waals surface area contributed by atoms with Crippen LogP contribution in [0.2, 0.25) is 0 Å². The molecule has 1 aliphatic heterocycles. The summed E-state index contributed by atoms with van der Waals surface area (Å²) >= 11 is 1.52. The van der Waals surface area contributed by atoms with Gasteiger partial charge >= 0.3 is 6.03 Å². The van der Waals surface area contributed by atoms with Gasteiger partial charge in [-0.05, 0) is 47.3 Å². The number of aromatic nitrogens is 1. The molecule has 3 heterocycles. The number of nitrogens with zero attached hydrogens (tertiary/aromatic N) is 2. The van der Waals surface area contributed by atoms with Gasteiger partial charge in [0, 0.05) is 25.0 Å². The Morgan fingerprint density at radius 3 is 2.72 bits per heavy atom. The molecule has 0 radical (unpaired) electrons. The van der Waals surface area contributed by atoms with Crippen molar-refractivity contribution in [2.45, 2.75) is 12.6 Å². The van der Waals surface area contributed by atoms with Crippen molar-refractivity contribution in [2.75, 3.05) is 19.0 Å². The number of nitrogens with one attached hydrogen (secondary N) is 1. The largest absolute Gasteiger partial charge is 0.497 e. The van der Waals surface area contributed by atoms with E-state index in [1.165, 1.54) is 11.3 Å². The van der Waals surface area contributed by atoms with Crippen LogP contribution in [0.4, 0.5) is 9.80 Å². The van der Waals surface area contributed by atoms with Gasteiger partial charge in [-0.3, -0.25) is 5.32 Å². The second-order valence-electron chi connectivity index (χ2n) is 5.90. The van der Waals surface area contributed by atoms with Gasteiger partial charge in [-0.15, -0.1) is 11.3 Å². The number of methoxy groups -OCH3 is 1. The summed E-state index contributed by atoms with van der Waals surface area (Å²) in [6, 6.07) is 15.7. The molecule has 0 bridgehead atoms. The molecule has 25 heavy (non-hydrogen) atoms. The fourth-order valence-corrected chi connectivity index (χ4v) is 3.87. The summed E-state index contributed by atoms with van der Waals surface area (Å²) in [5, 5.41) is 5.83. The van der Waals surface area contributed by atoms with Crippen LogP contribution in [0.1, 0.15) is 17.3 Å². The molecular formula is C19H19N3O2S. The van der Waals surface area contributed by atoms with Crippen LogP contribution in [0, 0.1) is 0 Å². The monoisotopic (exact) mass is 353 g/mol. The molecule has 3 aromatic rings. The maximum absolute atomic E-state index is 12.9. The van der Waals surface area contributed by atoms with E-state index < -0.39 is 0 Å².